The predicted molar refractivity (Wildman–Crippen MR) is 83.8 cm³/mol. The van der Waals surface area contributed by atoms with Gasteiger partial charge in [-0.25, -0.2) is 4.98 Å². The zero-order chi connectivity index (χ0) is 15.4. The third-order valence-corrected chi connectivity index (χ3v) is 3.78. The molecule has 0 aliphatic rings. The van der Waals surface area contributed by atoms with Crippen molar-refractivity contribution in [1.29, 1.82) is 5.26 Å². The van der Waals surface area contributed by atoms with Crippen molar-refractivity contribution >= 4 is 11.0 Å². The van der Waals surface area contributed by atoms with Gasteiger partial charge in [0.05, 0.1) is 12.3 Å². The van der Waals surface area contributed by atoms with E-state index < -0.39 is 0 Å². The average Bonchev–Trinajstić information content (AvgIpc) is 2.58. The molecule has 0 aliphatic heterocycles. The van der Waals surface area contributed by atoms with Crippen LogP contribution in [0.4, 0.5) is 0 Å². The Morgan fingerprint density at radius 2 is 1.82 bits per heavy atom. The van der Waals surface area contributed by atoms with E-state index in [4.69, 9.17) is 5.26 Å². The highest BCUT2D eigenvalue weighted by molar-refractivity contribution is 5.70. The standard InChI is InChI=1S/C18H15N3O/c19-11-10-15(14-6-2-1-3-7-14)12-16-13-20-17-8-4-5-9-18(17)21(16)22/h1-9,13,15H,10,12H2. The molecule has 0 saturated carbocycles. The number of benzene rings is 2. The summed E-state index contributed by atoms with van der Waals surface area (Å²) in [5.41, 5.74) is 2.89. The van der Waals surface area contributed by atoms with Crippen molar-refractivity contribution < 1.29 is 4.73 Å². The molecule has 0 spiro atoms. The van der Waals surface area contributed by atoms with Crippen molar-refractivity contribution in [2.75, 3.05) is 0 Å². The van der Waals surface area contributed by atoms with Gasteiger partial charge in [-0.3, -0.25) is 0 Å². The minimum atomic E-state index is -0.00522. The van der Waals surface area contributed by atoms with Crippen LogP contribution < -0.4 is 4.73 Å². The molecule has 1 unspecified atom stereocenters. The Balaban J connectivity index is 1.97. The van der Waals surface area contributed by atoms with Crippen LogP contribution in [0.3, 0.4) is 0 Å². The van der Waals surface area contributed by atoms with Gasteiger partial charge < -0.3 is 5.21 Å². The average molecular weight is 289 g/mol. The van der Waals surface area contributed by atoms with E-state index in [2.05, 4.69) is 11.1 Å². The molecule has 1 heterocycles. The number of aromatic nitrogens is 2. The summed E-state index contributed by atoms with van der Waals surface area (Å²) in [5.74, 6) is -0.00522. The minimum absolute atomic E-state index is 0.00522. The molecule has 0 fully saturated rings. The zero-order valence-electron chi connectivity index (χ0n) is 12.0. The summed E-state index contributed by atoms with van der Waals surface area (Å²) in [4.78, 5) is 4.35. The number of fused-ring (bicyclic) bond motifs is 1. The van der Waals surface area contributed by atoms with E-state index in [1.54, 1.807) is 12.3 Å². The molecule has 4 nitrogen and oxygen atoms in total. The Kier molecular flexibility index (Phi) is 3.97. The maximum absolute atomic E-state index is 12.5. The summed E-state index contributed by atoms with van der Waals surface area (Å²) >= 11 is 0. The quantitative estimate of drug-likeness (QED) is 0.547. The highest BCUT2D eigenvalue weighted by Gasteiger charge is 2.19. The summed E-state index contributed by atoms with van der Waals surface area (Å²) < 4.78 is 0.926. The van der Waals surface area contributed by atoms with Crippen LogP contribution in [0.15, 0.2) is 60.8 Å². The summed E-state index contributed by atoms with van der Waals surface area (Å²) in [6.07, 6.45) is 2.48. The third kappa shape index (κ3) is 2.75. The van der Waals surface area contributed by atoms with Gasteiger partial charge >= 0.3 is 0 Å². The number of rotatable bonds is 4. The molecule has 0 amide bonds. The van der Waals surface area contributed by atoms with Gasteiger partial charge in [-0.05, 0) is 11.6 Å². The highest BCUT2D eigenvalue weighted by atomic mass is 16.5. The zero-order valence-corrected chi connectivity index (χ0v) is 12.0. The van der Waals surface area contributed by atoms with Crippen molar-refractivity contribution in [2.24, 2.45) is 0 Å². The fraction of sp³-hybridized carbons (Fsp3) is 0.167. The maximum atomic E-state index is 12.5. The first kappa shape index (κ1) is 14.0. The van der Waals surface area contributed by atoms with E-state index in [1.165, 1.54) is 0 Å². The molecule has 0 radical (unpaired) electrons. The lowest BCUT2D eigenvalue weighted by Crippen LogP contribution is -2.34. The van der Waals surface area contributed by atoms with E-state index >= 15 is 0 Å². The van der Waals surface area contributed by atoms with Crippen LogP contribution in [0.25, 0.3) is 11.0 Å². The summed E-state index contributed by atoms with van der Waals surface area (Å²) in [6.45, 7) is 0. The Labute approximate surface area is 128 Å². The molecular formula is C18H15N3O. The molecule has 108 valence electrons. The predicted octanol–water partition coefficient (Wildman–Crippen LogP) is 3.11. The van der Waals surface area contributed by atoms with Gasteiger partial charge in [-0.1, -0.05) is 42.5 Å². The van der Waals surface area contributed by atoms with Crippen LogP contribution >= 0.6 is 0 Å². The van der Waals surface area contributed by atoms with Gasteiger partial charge in [-0.2, -0.15) is 9.99 Å². The number of nitriles is 1. The van der Waals surface area contributed by atoms with Gasteiger partial charge in [0.15, 0.2) is 0 Å². The first-order valence-corrected chi connectivity index (χ1v) is 7.17. The van der Waals surface area contributed by atoms with Gasteiger partial charge in [0.1, 0.15) is 5.52 Å². The lowest BCUT2D eigenvalue weighted by molar-refractivity contribution is -0.586. The molecule has 22 heavy (non-hydrogen) atoms. The lowest BCUT2D eigenvalue weighted by Gasteiger charge is -2.14. The van der Waals surface area contributed by atoms with Crippen LogP contribution in [-0.2, 0) is 6.42 Å². The number of hydrogen-bond donors (Lipinski definition) is 0. The second kappa shape index (κ2) is 6.23. The molecule has 1 atom stereocenters. The van der Waals surface area contributed by atoms with Crippen LogP contribution in [0.1, 0.15) is 23.6 Å². The fourth-order valence-corrected chi connectivity index (χ4v) is 2.63. The molecule has 0 saturated heterocycles. The van der Waals surface area contributed by atoms with Gasteiger partial charge in [0, 0.05) is 24.8 Å². The van der Waals surface area contributed by atoms with Crippen LogP contribution in [0, 0.1) is 16.5 Å². The molecule has 0 N–H and O–H groups in total. The first-order chi connectivity index (χ1) is 10.8. The minimum Gasteiger partial charge on any atom is -0.618 e. The van der Waals surface area contributed by atoms with Crippen molar-refractivity contribution in [1.82, 2.24) is 4.98 Å². The number of para-hydroxylation sites is 2. The molecule has 1 aromatic heterocycles. The summed E-state index contributed by atoms with van der Waals surface area (Å²) in [7, 11) is 0. The smallest absolute Gasteiger partial charge is 0.242 e. The molecule has 0 bridgehead atoms. The first-order valence-electron chi connectivity index (χ1n) is 7.17. The highest BCUT2D eigenvalue weighted by Crippen LogP contribution is 2.23. The van der Waals surface area contributed by atoms with E-state index in [9.17, 15) is 5.21 Å². The second-order valence-corrected chi connectivity index (χ2v) is 5.21. The number of nitrogens with zero attached hydrogens (tertiary/aromatic N) is 3. The monoisotopic (exact) mass is 289 g/mol. The Morgan fingerprint density at radius 1 is 1.09 bits per heavy atom. The Morgan fingerprint density at radius 3 is 2.59 bits per heavy atom. The summed E-state index contributed by atoms with van der Waals surface area (Å²) in [5, 5.41) is 21.6. The van der Waals surface area contributed by atoms with Crippen LogP contribution in [0.2, 0.25) is 0 Å². The van der Waals surface area contributed by atoms with Crippen molar-refractivity contribution in [3.8, 4) is 6.07 Å². The van der Waals surface area contributed by atoms with Crippen molar-refractivity contribution in [2.45, 2.75) is 18.8 Å². The fourth-order valence-electron chi connectivity index (χ4n) is 2.63. The molecule has 0 aliphatic carbocycles. The topological polar surface area (TPSA) is 63.6 Å². The second-order valence-electron chi connectivity index (χ2n) is 5.21. The summed E-state index contributed by atoms with van der Waals surface area (Å²) in [6, 6.07) is 19.3. The normalized spacial score (nSPS) is 12.0. The lowest BCUT2D eigenvalue weighted by atomic mass is 9.92. The van der Waals surface area contributed by atoms with E-state index in [0.717, 1.165) is 10.3 Å². The van der Waals surface area contributed by atoms with Gasteiger partial charge in [0.25, 0.3) is 0 Å². The van der Waals surface area contributed by atoms with Crippen LogP contribution in [-0.4, -0.2) is 4.98 Å². The van der Waals surface area contributed by atoms with Crippen molar-refractivity contribution in [3.05, 3.63) is 77.3 Å². The largest absolute Gasteiger partial charge is 0.618 e. The van der Waals surface area contributed by atoms with Gasteiger partial charge in [0.2, 0.25) is 11.2 Å². The SMILES string of the molecule is N#CCC(Cc1cnc2ccccc2[n+]1[O-])c1ccccc1. The maximum Gasteiger partial charge on any atom is 0.242 e. The van der Waals surface area contributed by atoms with E-state index in [-0.39, 0.29) is 5.92 Å². The molecule has 3 aromatic rings. The Bertz CT molecular complexity index is 825. The van der Waals surface area contributed by atoms with E-state index in [1.807, 2.05) is 48.5 Å². The molecule has 3 rings (SSSR count). The third-order valence-electron chi connectivity index (χ3n) is 3.78. The Hall–Kier alpha value is -2.93. The van der Waals surface area contributed by atoms with Crippen molar-refractivity contribution in [3.63, 3.8) is 0 Å². The number of hydrogen-bond acceptors (Lipinski definition) is 3. The van der Waals surface area contributed by atoms with Crippen LogP contribution in [0.5, 0.6) is 0 Å². The molecule has 4 heteroatoms. The van der Waals surface area contributed by atoms with E-state index in [0.29, 0.717) is 29.6 Å². The molecular weight excluding hydrogens is 274 g/mol. The molecule has 2 aromatic carbocycles. The van der Waals surface area contributed by atoms with Gasteiger partial charge in [-0.15, -0.1) is 0 Å².